The first-order valence-electron chi connectivity index (χ1n) is 3.61. The Bertz CT molecular complexity index is 353. The van der Waals surface area contributed by atoms with Crippen LogP contribution in [0.2, 0.25) is 0 Å². The summed E-state index contributed by atoms with van der Waals surface area (Å²) in [5.41, 5.74) is 0.616. The lowest BCUT2D eigenvalue weighted by molar-refractivity contribution is -0.105. The molecule has 0 spiro atoms. The van der Waals surface area contributed by atoms with Gasteiger partial charge in [0, 0.05) is 0 Å². The molecule has 1 N–H and O–H groups in total. The first-order valence-corrected chi connectivity index (χ1v) is 4.40. The summed E-state index contributed by atoms with van der Waals surface area (Å²) in [5.74, 6) is 1.20. The zero-order chi connectivity index (χ0) is 9.26. The molecule has 0 unspecified atom stereocenters. The Morgan fingerprint density at radius 1 is 1.38 bits per heavy atom. The van der Waals surface area contributed by atoms with Gasteiger partial charge in [0.1, 0.15) is 0 Å². The van der Waals surface area contributed by atoms with Crippen LogP contribution in [-0.2, 0) is 4.79 Å². The average molecular weight is 244 g/mol. The zero-order valence-electron chi connectivity index (χ0n) is 6.54. The van der Waals surface area contributed by atoms with Crippen molar-refractivity contribution in [1.29, 1.82) is 0 Å². The van der Waals surface area contributed by atoms with Crippen molar-refractivity contribution in [2.75, 3.05) is 12.1 Å². The molecule has 0 fully saturated rings. The highest BCUT2D eigenvalue weighted by atomic mass is 79.9. The van der Waals surface area contributed by atoms with Crippen molar-refractivity contribution in [3.05, 3.63) is 16.6 Å². The molecule has 2 rings (SSSR count). The van der Waals surface area contributed by atoms with Crippen LogP contribution in [0.4, 0.5) is 5.69 Å². The summed E-state index contributed by atoms with van der Waals surface area (Å²) in [7, 11) is 0. The topological polar surface area (TPSA) is 47.6 Å². The maximum atomic E-state index is 10.2. The minimum atomic E-state index is 0.186. The lowest BCUT2D eigenvalue weighted by Crippen LogP contribution is -1.96. The molecule has 68 valence electrons. The summed E-state index contributed by atoms with van der Waals surface area (Å²) >= 11 is 3.31. The van der Waals surface area contributed by atoms with Crippen LogP contribution >= 0.6 is 15.9 Å². The fourth-order valence-corrected chi connectivity index (χ4v) is 1.57. The molecule has 4 nitrogen and oxygen atoms in total. The molecule has 0 saturated heterocycles. The normalized spacial score (nSPS) is 12.7. The maximum Gasteiger partial charge on any atom is 0.231 e. The summed E-state index contributed by atoms with van der Waals surface area (Å²) in [6.07, 6.45) is 0.602. The SMILES string of the molecule is O=CNc1ccc(Br)c2c1OCO2. The van der Waals surface area contributed by atoms with Gasteiger partial charge < -0.3 is 14.8 Å². The quantitative estimate of drug-likeness (QED) is 0.806. The van der Waals surface area contributed by atoms with Crippen molar-refractivity contribution in [3.8, 4) is 11.5 Å². The number of ether oxygens (including phenoxy) is 2. The highest BCUT2D eigenvalue weighted by molar-refractivity contribution is 9.10. The molecule has 1 aliphatic heterocycles. The van der Waals surface area contributed by atoms with Gasteiger partial charge in [-0.3, -0.25) is 4.79 Å². The second kappa shape index (κ2) is 3.26. The number of halogens is 1. The monoisotopic (exact) mass is 243 g/mol. The Balaban J connectivity index is 2.49. The van der Waals surface area contributed by atoms with E-state index in [-0.39, 0.29) is 6.79 Å². The Morgan fingerprint density at radius 3 is 2.92 bits per heavy atom. The predicted octanol–water partition coefficient (Wildman–Crippen LogP) is 1.75. The summed E-state index contributed by atoms with van der Waals surface area (Å²) < 4.78 is 11.2. The van der Waals surface area contributed by atoms with Crippen LogP contribution in [0.5, 0.6) is 11.5 Å². The molecule has 0 saturated carbocycles. The van der Waals surface area contributed by atoms with E-state index in [1.165, 1.54) is 0 Å². The number of hydrogen-bond acceptors (Lipinski definition) is 3. The van der Waals surface area contributed by atoms with E-state index in [1.807, 2.05) is 0 Å². The van der Waals surface area contributed by atoms with Crippen molar-refractivity contribution in [2.24, 2.45) is 0 Å². The third kappa shape index (κ3) is 1.35. The number of carbonyl (C=O) groups is 1. The average Bonchev–Trinajstić information content (AvgIpc) is 2.59. The molecule has 1 aliphatic rings. The molecule has 0 aliphatic carbocycles. The van der Waals surface area contributed by atoms with Gasteiger partial charge in [-0.1, -0.05) is 0 Å². The number of hydrogen-bond donors (Lipinski definition) is 1. The van der Waals surface area contributed by atoms with E-state index in [1.54, 1.807) is 12.1 Å². The van der Waals surface area contributed by atoms with E-state index in [0.717, 1.165) is 4.47 Å². The van der Waals surface area contributed by atoms with Gasteiger partial charge in [-0.15, -0.1) is 0 Å². The number of nitrogens with one attached hydrogen (secondary N) is 1. The van der Waals surface area contributed by atoms with Crippen LogP contribution in [0.1, 0.15) is 0 Å². The number of benzene rings is 1. The lowest BCUT2D eigenvalue weighted by atomic mass is 10.3. The van der Waals surface area contributed by atoms with E-state index in [9.17, 15) is 4.79 Å². The summed E-state index contributed by atoms with van der Waals surface area (Å²) in [6.45, 7) is 0.186. The van der Waals surface area contributed by atoms with E-state index in [4.69, 9.17) is 9.47 Å². The predicted molar refractivity (Wildman–Crippen MR) is 50.0 cm³/mol. The number of anilines is 1. The fraction of sp³-hybridized carbons (Fsp3) is 0.125. The Labute approximate surface area is 83.0 Å². The largest absolute Gasteiger partial charge is 0.452 e. The standard InChI is InChI=1S/C8H6BrNO3/c9-5-1-2-6(10-3-11)8-7(5)12-4-13-8/h1-3H,4H2,(H,10,11). The molecule has 0 aromatic heterocycles. The molecule has 13 heavy (non-hydrogen) atoms. The Morgan fingerprint density at radius 2 is 2.15 bits per heavy atom. The number of rotatable bonds is 2. The van der Waals surface area contributed by atoms with Crippen molar-refractivity contribution in [2.45, 2.75) is 0 Å². The van der Waals surface area contributed by atoms with Crippen LogP contribution in [-0.4, -0.2) is 13.2 Å². The second-order valence-electron chi connectivity index (χ2n) is 2.42. The molecule has 1 aromatic rings. The first kappa shape index (κ1) is 8.37. The number of carbonyl (C=O) groups excluding carboxylic acids is 1. The van der Waals surface area contributed by atoms with Crippen LogP contribution in [0.15, 0.2) is 16.6 Å². The molecular formula is C8H6BrNO3. The molecule has 0 bridgehead atoms. The van der Waals surface area contributed by atoms with Crippen molar-refractivity contribution >= 4 is 28.0 Å². The van der Waals surface area contributed by atoms with E-state index in [0.29, 0.717) is 23.6 Å². The Hall–Kier alpha value is -1.23. The maximum absolute atomic E-state index is 10.2. The van der Waals surface area contributed by atoms with Gasteiger partial charge in [-0.05, 0) is 28.1 Å². The van der Waals surface area contributed by atoms with Gasteiger partial charge in [0.25, 0.3) is 0 Å². The number of fused-ring (bicyclic) bond motifs is 1. The molecular weight excluding hydrogens is 238 g/mol. The molecule has 0 radical (unpaired) electrons. The molecule has 1 heterocycles. The fourth-order valence-electron chi connectivity index (χ4n) is 1.14. The first-order chi connectivity index (χ1) is 6.33. The molecule has 0 atom stereocenters. The van der Waals surface area contributed by atoms with Crippen molar-refractivity contribution < 1.29 is 14.3 Å². The highest BCUT2D eigenvalue weighted by Gasteiger charge is 2.20. The molecule has 1 aromatic carbocycles. The summed E-state index contributed by atoms with van der Waals surface area (Å²) in [4.78, 5) is 10.2. The number of amides is 1. The zero-order valence-corrected chi connectivity index (χ0v) is 8.13. The molecule has 5 heteroatoms. The minimum absolute atomic E-state index is 0.186. The smallest absolute Gasteiger partial charge is 0.231 e. The van der Waals surface area contributed by atoms with Gasteiger partial charge in [-0.25, -0.2) is 0 Å². The van der Waals surface area contributed by atoms with Crippen molar-refractivity contribution in [3.63, 3.8) is 0 Å². The van der Waals surface area contributed by atoms with E-state index in [2.05, 4.69) is 21.2 Å². The summed E-state index contributed by atoms with van der Waals surface area (Å²) in [6, 6.07) is 3.53. The molecule has 1 amide bonds. The Kier molecular flexibility index (Phi) is 2.10. The van der Waals surface area contributed by atoms with Crippen LogP contribution in [0.25, 0.3) is 0 Å². The lowest BCUT2D eigenvalue weighted by Gasteiger charge is -2.04. The minimum Gasteiger partial charge on any atom is -0.452 e. The van der Waals surface area contributed by atoms with Crippen LogP contribution < -0.4 is 14.8 Å². The third-order valence-electron chi connectivity index (χ3n) is 1.69. The van der Waals surface area contributed by atoms with Gasteiger partial charge in [0.15, 0.2) is 11.5 Å². The van der Waals surface area contributed by atoms with E-state index >= 15 is 0 Å². The van der Waals surface area contributed by atoms with Gasteiger partial charge in [-0.2, -0.15) is 0 Å². The van der Waals surface area contributed by atoms with Crippen molar-refractivity contribution in [1.82, 2.24) is 0 Å². The van der Waals surface area contributed by atoms with Gasteiger partial charge in [0.05, 0.1) is 10.2 Å². The van der Waals surface area contributed by atoms with Crippen LogP contribution in [0.3, 0.4) is 0 Å². The second-order valence-corrected chi connectivity index (χ2v) is 3.28. The van der Waals surface area contributed by atoms with Gasteiger partial charge >= 0.3 is 0 Å². The highest BCUT2D eigenvalue weighted by Crippen LogP contribution is 2.44. The van der Waals surface area contributed by atoms with E-state index < -0.39 is 0 Å². The van der Waals surface area contributed by atoms with Crippen LogP contribution in [0, 0.1) is 0 Å². The van der Waals surface area contributed by atoms with Gasteiger partial charge in [0.2, 0.25) is 13.2 Å². The summed E-state index contributed by atoms with van der Waals surface area (Å²) in [5, 5.41) is 2.53. The third-order valence-corrected chi connectivity index (χ3v) is 2.31.